The number of aromatic nitrogens is 3. The van der Waals surface area contributed by atoms with Crippen LogP contribution in [0.3, 0.4) is 0 Å². The van der Waals surface area contributed by atoms with E-state index in [1.165, 1.54) is 47.9 Å². The van der Waals surface area contributed by atoms with Gasteiger partial charge in [-0.15, -0.1) is 0 Å². The molecule has 2 aliphatic rings. The molecule has 0 saturated carbocycles. The van der Waals surface area contributed by atoms with Crippen molar-refractivity contribution in [2.75, 3.05) is 38.3 Å². The Kier molecular flexibility index (Phi) is 6.81. The van der Waals surface area contributed by atoms with Crippen LogP contribution in [0, 0.1) is 0 Å². The van der Waals surface area contributed by atoms with Crippen LogP contribution in [-0.2, 0) is 4.74 Å². The minimum Gasteiger partial charge on any atom is -0.385 e. The maximum atomic E-state index is 4.95. The maximum Gasteiger partial charge on any atom is 0.140 e. The Balaban J connectivity index is 0.000000250. The molecule has 3 aromatic rings. The molecule has 0 amide bonds. The molecule has 0 aromatic carbocycles. The monoisotopic (exact) mass is 457 g/mol. The van der Waals surface area contributed by atoms with Crippen molar-refractivity contribution < 1.29 is 4.74 Å². The molecule has 3 aromatic heterocycles. The first-order valence-corrected chi connectivity index (χ1v) is 15.8. The Morgan fingerprint density at radius 2 is 2.13 bits per heavy atom. The molecule has 2 fully saturated rings. The SMILES string of the molecule is COCC[Si](C)(C)C.c1cc(N2CCC3(CCCN3)C2)c2c(-c3ccsn3)c[nH]c2n1. The van der Waals surface area contributed by atoms with Gasteiger partial charge in [-0.3, -0.25) is 0 Å². The van der Waals surface area contributed by atoms with Crippen LogP contribution >= 0.6 is 11.5 Å². The summed E-state index contributed by atoms with van der Waals surface area (Å²) in [4.78, 5) is 10.3. The summed E-state index contributed by atoms with van der Waals surface area (Å²) in [6, 6.07) is 5.51. The standard InChI is InChI=1S/C17H19N5S.C6H16OSi/c1-4-17(20-6-1)5-8-22(11-17)14-2-7-18-16-15(14)12(10-19-16)13-3-9-23-21-13;1-7-5-6-8(2,3)4/h2-3,7,9-10,20H,1,4-6,8,11H2,(H,18,19);5-6H2,1-4H3. The molecule has 31 heavy (non-hydrogen) atoms. The zero-order chi connectivity index (χ0) is 21.9. The van der Waals surface area contributed by atoms with Crippen molar-refractivity contribution in [3.05, 3.63) is 29.9 Å². The molecule has 0 aliphatic carbocycles. The second-order valence-electron chi connectivity index (χ2n) is 9.93. The average molecular weight is 458 g/mol. The van der Waals surface area contributed by atoms with Gasteiger partial charge in [-0.2, -0.15) is 4.37 Å². The van der Waals surface area contributed by atoms with Gasteiger partial charge >= 0.3 is 0 Å². The minimum atomic E-state index is -0.803. The van der Waals surface area contributed by atoms with Crippen LogP contribution in [-0.4, -0.2) is 61.3 Å². The molecular formula is C23H35N5OSSi. The first-order chi connectivity index (χ1) is 14.9. The summed E-state index contributed by atoms with van der Waals surface area (Å²) in [6.07, 6.45) is 7.77. The predicted octanol–water partition coefficient (Wildman–Crippen LogP) is 4.99. The van der Waals surface area contributed by atoms with E-state index in [9.17, 15) is 0 Å². The number of H-pyrrole nitrogens is 1. The molecule has 5 heterocycles. The van der Waals surface area contributed by atoms with Crippen molar-refractivity contribution in [2.24, 2.45) is 0 Å². The lowest BCUT2D eigenvalue weighted by Crippen LogP contribution is -2.42. The number of aromatic amines is 1. The van der Waals surface area contributed by atoms with Crippen LogP contribution in [0.25, 0.3) is 22.3 Å². The topological polar surface area (TPSA) is 66.1 Å². The van der Waals surface area contributed by atoms with Gasteiger partial charge in [0.15, 0.2) is 0 Å². The van der Waals surface area contributed by atoms with E-state index in [0.29, 0.717) is 5.54 Å². The number of pyridine rings is 1. The minimum absolute atomic E-state index is 0.326. The van der Waals surface area contributed by atoms with Gasteiger partial charge in [0.2, 0.25) is 0 Å². The molecule has 2 aliphatic heterocycles. The molecule has 2 N–H and O–H groups in total. The van der Waals surface area contributed by atoms with E-state index < -0.39 is 8.07 Å². The molecule has 1 unspecified atom stereocenters. The van der Waals surface area contributed by atoms with Crippen molar-refractivity contribution >= 4 is 36.3 Å². The van der Waals surface area contributed by atoms with E-state index >= 15 is 0 Å². The third-order valence-corrected chi connectivity index (χ3v) is 8.61. The number of nitrogens with zero attached hydrogens (tertiary/aromatic N) is 3. The van der Waals surface area contributed by atoms with Crippen LogP contribution < -0.4 is 10.2 Å². The van der Waals surface area contributed by atoms with E-state index in [0.717, 1.165) is 43.1 Å². The van der Waals surface area contributed by atoms with E-state index in [4.69, 9.17) is 4.74 Å². The molecule has 2 saturated heterocycles. The lowest BCUT2D eigenvalue weighted by Gasteiger charge is -2.25. The summed E-state index contributed by atoms with van der Waals surface area (Å²) in [5.41, 5.74) is 4.75. The summed E-state index contributed by atoms with van der Waals surface area (Å²) < 4.78 is 9.46. The maximum absolute atomic E-state index is 4.95. The summed E-state index contributed by atoms with van der Waals surface area (Å²) in [7, 11) is 0.961. The Morgan fingerprint density at radius 1 is 1.26 bits per heavy atom. The predicted molar refractivity (Wildman–Crippen MR) is 134 cm³/mol. The number of hydrogen-bond donors (Lipinski definition) is 2. The summed E-state index contributed by atoms with van der Waals surface area (Å²) in [5.74, 6) is 0. The lowest BCUT2D eigenvalue weighted by molar-refractivity contribution is 0.214. The van der Waals surface area contributed by atoms with E-state index in [2.05, 4.69) is 56.3 Å². The van der Waals surface area contributed by atoms with Gasteiger partial charge in [-0.05, 0) is 55.5 Å². The summed E-state index contributed by atoms with van der Waals surface area (Å²) in [6.45, 7) is 11.4. The van der Waals surface area contributed by atoms with Crippen LogP contribution in [0.15, 0.2) is 29.9 Å². The number of anilines is 1. The third kappa shape index (κ3) is 5.19. The number of rotatable bonds is 5. The normalized spacial score (nSPS) is 21.1. The van der Waals surface area contributed by atoms with Gasteiger partial charge in [0.25, 0.3) is 0 Å². The fourth-order valence-electron chi connectivity index (χ4n) is 4.56. The average Bonchev–Trinajstić information content (AvgIpc) is 3.54. The van der Waals surface area contributed by atoms with E-state index in [1.54, 1.807) is 7.11 Å². The number of fused-ring (bicyclic) bond motifs is 1. The Bertz CT molecular complexity index is 976. The second-order valence-corrected chi connectivity index (χ2v) is 16.2. The molecule has 1 spiro atoms. The van der Waals surface area contributed by atoms with E-state index in [1.807, 2.05) is 17.8 Å². The van der Waals surface area contributed by atoms with Gasteiger partial charge in [0, 0.05) is 63.8 Å². The Morgan fingerprint density at radius 3 is 2.77 bits per heavy atom. The highest BCUT2D eigenvalue weighted by Gasteiger charge is 2.40. The number of nitrogens with one attached hydrogen (secondary N) is 2. The first kappa shape index (κ1) is 22.5. The quantitative estimate of drug-likeness (QED) is 0.528. The fraction of sp³-hybridized carbons (Fsp3) is 0.565. The molecule has 0 bridgehead atoms. The smallest absolute Gasteiger partial charge is 0.140 e. The van der Waals surface area contributed by atoms with Crippen molar-refractivity contribution in [2.45, 2.75) is 50.5 Å². The lowest BCUT2D eigenvalue weighted by atomic mass is 9.97. The fourth-order valence-corrected chi connectivity index (χ4v) is 5.90. The Hall–Kier alpha value is -1.74. The molecule has 1 atom stereocenters. The molecule has 168 valence electrons. The second kappa shape index (κ2) is 9.40. The largest absolute Gasteiger partial charge is 0.385 e. The highest BCUT2D eigenvalue weighted by Crippen LogP contribution is 2.39. The summed E-state index contributed by atoms with van der Waals surface area (Å²) in [5, 5.41) is 6.97. The first-order valence-electron chi connectivity index (χ1n) is 11.3. The zero-order valence-electron chi connectivity index (χ0n) is 19.2. The molecule has 8 heteroatoms. The van der Waals surface area contributed by atoms with Gasteiger partial charge in [-0.1, -0.05) is 19.6 Å². The molecule has 0 radical (unpaired) electrons. The summed E-state index contributed by atoms with van der Waals surface area (Å²) >= 11 is 1.49. The number of hydrogen-bond acceptors (Lipinski definition) is 6. The van der Waals surface area contributed by atoms with Gasteiger partial charge in [0.05, 0.1) is 16.8 Å². The Labute approximate surface area is 190 Å². The molecular weight excluding hydrogens is 422 g/mol. The third-order valence-electron chi connectivity index (χ3n) is 6.35. The van der Waals surface area contributed by atoms with Crippen LogP contribution in [0.4, 0.5) is 5.69 Å². The molecule has 5 rings (SSSR count). The van der Waals surface area contributed by atoms with E-state index in [-0.39, 0.29) is 0 Å². The van der Waals surface area contributed by atoms with Crippen LogP contribution in [0.1, 0.15) is 19.3 Å². The van der Waals surface area contributed by atoms with Crippen LogP contribution in [0.2, 0.25) is 25.7 Å². The van der Waals surface area contributed by atoms with Gasteiger partial charge < -0.3 is 19.9 Å². The zero-order valence-corrected chi connectivity index (χ0v) is 21.0. The van der Waals surface area contributed by atoms with Crippen molar-refractivity contribution in [3.63, 3.8) is 0 Å². The van der Waals surface area contributed by atoms with Gasteiger partial charge in [-0.25, -0.2) is 4.98 Å². The van der Waals surface area contributed by atoms with Crippen molar-refractivity contribution in [3.8, 4) is 11.3 Å². The van der Waals surface area contributed by atoms with Crippen molar-refractivity contribution in [1.29, 1.82) is 0 Å². The van der Waals surface area contributed by atoms with Crippen LogP contribution in [0.5, 0.6) is 0 Å². The highest BCUT2D eigenvalue weighted by molar-refractivity contribution is 7.03. The molecule has 6 nitrogen and oxygen atoms in total. The van der Waals surface area contributed by atoms with Crippen molar-refractivity contribution in [1.82, 2.24) is 19.7 Å². The number of methoxy groups -OCH3 is 1. The highest BCUT2D eigenvalue weighted by atomic mass is 32.1. The van der Waals surface area contributed by atoms with Gasteiger partial charge in [0.1, 0.15) is 5.65 Å². The number of ether oxygens (including phenoxy) is 1.